The second-order valence-corrected chi connectivity index (χ2v) is 5.81. The maximum Gasteiger partial charge on any atom is 0.420 e. The molecule has 1 amide bonds. The zero-order chi connectivity index (χ0) is 19.6. The van der Waals surface area contributed by atoms with Crippen LogP contribution >= 0.6 is 0 Å². The maximum absolute atomic E-state index is 12.5. The summed E-state index contributed by atoms with van der Waals surface area (Å²) in [6.07, 6.45) is 0. The van der Waals surface area contributed by atoms with Gasteiger partial charge in [0.15, 0.2) is 11.4 Å². The van der Waals surface area contributed by atoms with Gasteiger partial charge in [0.05, 0.1) is 25.4 Å². The summed E-state index contributed by atoms with van der Waals surface area (Å²) in [5, 5.41) is 2.70. The Hall–Kier alpha value is -3.55. The van der Waals surface area contributed by atoms with Crippen LogP contribution in [0, 0.1) is 0 Å². The quantitative estimate of drug-likeness (QED) is 0.669. The third-order valence-electron chi connectivity index (χ3n) is 4.06. The summed E-state index contributed by atoms with van der Waals surface area (Å²) in [6.45, 7) is 1.16. The summed E-state index contributed by atoms with van der Waals surface area (Å²) in [6, 6.07) is 9.63. The number of ketones is 1. The number of oxazole rings is 1. The van der Waals surface area contributed by atoms with Crippen molar-refractivity contribution in [2.45, 2.75) is 13.5 Å². The number of nitrogens with one attached hydrogen (secondary N) is 1. The number of nitrogens with zero attached hydrogens (tertiary/aromatic N) is 1. The van der Waals surface area contributed by atoms with Gasteiger partial charge in [-0.05, 0) is 37.3 Å². The zero-order valence-electron chi connectivity index (χ0n) is 15.1. The molecule has 0 bridgehead atoms. The lowest BCUT2D eigenvalue weighted by molar-refractivity contribution is -0.116. The summed E-state index contributed by atoms with van der Waals surface area (Å²) in [5.41, 5.74) is 1.52. The average molecular weight is 370 g/mol. The molecule has 0 radical (unpaired) electrons. The summed E-state index contributed by atoms with van der Waals surface area (Å²) in [5.74, 6) is -0.260. The van der Waals surface area contributed by atoms with E-state index in [-0.39, 0.29) is 17.9 Å². The Labute approximate surface area is 154 Å². The molecule has 0 spiro atoms. The molecule has 0 aliphatic heterocycles. The third kappa shape index (κ3) is 3.69. The molecule has 0 atom stereocenters. The highest BCUT2D eigenvalue weighted by atomic mass is 16.5. The van der Waals surface area contributed by atoms with Gasteiger partial charge in [-0.25, -0.2) is 4.79 Å². The van der Waals surface area contributed by atoms with E-state index >= 15 is 0 Å². The van der Waals surface area contributed by atoms with Gasteiger partial charge in [0.25, 0.3) is 0 Å². The van der Waals surface area contributed by atoms with Crippen molar-refractivity contribution in [1.82, 2.24) is 4.57 Å². The number of hydrogen-bond acceptors (Lipinski definition) is 6. The minimum absolute atomic E-state index is 0.143. The average Bonchev–Trinajstić information content (AvgIpc) is 2.96. The van der Waals surface area contributed by atoms with E-state index in [0.717, 1.165) is 0 Å². The van der Waals surface area contributed by atoms with Gasteiger partial charge in [0.2, 0.25) is 5.91 Å². The van der Waals surface area contributed by atoms with Crippen LogP contribution in [0.4, 0.5) is 5.69 Å². The van der Waals surface area contributed by atoms with Crippen molar-refractivity contribution in [2.24, 2.45) is 0 Å². The number of rotatable bonds is 6. The molecule has 0 saturated heterocycles. The van der Waals surface area contributed by atoms with Crippen LogP contribution in [0.2, 0.25) is 0 Å². The van der Waals surface area contributed by atoms with E-state index in [1.54, 1.807) is 30.3 Å². The molecule has 27 heavy (non-hydrogen) atoms. The Morgan fingerprint density at radius 2 is 1.89 bits per heavy atom. The molecule has 0 fully saturated rings. The molecule has 2 aromatic carbocycles. The number of anilines is 1. The first kappa shape index (κ1) is 18.2. The van der Waals surface area contributed by atoms with Crippen LogP contribution in [0.15, 0.2) is 45.6 Å². The van der Waals surface area contributed by atoms with Crippen LogP contribution < -0.4 is 20.5 Å². The number of Topliss-reactive ketones (excluding diaryl/α,β-unsaturated/α-hetero) is 1. The van der Waals surface area contributed by atoms with Crippen molar-refractivity contribution < 1.29 is 23.5 Å². The normalized spacial score (nSPS) is 10.6. The first-order valence-electron chi connectivity index (χ1n) is 8.09. The van der Waals surface area contributed by atoms with Gasteiger partial charge in [0.1, 0.15) is 18.0 Å². The van der Waals surface area contributed by atoms with Gasteiger partial charge < -0.3 is 19.2 Å². The lowest BCUT2D eigenvalue weighted by Crippen LogP contribution is -2.25. The number of ether oxygens (including phenoxy) is 2. The fourth-order valence-electron chi connectivity index (χ4n) is 2.68. The first-order chi connectivity index (χ1) is 12.9. The van der Waals surface area contributed by atoms with Gasteiger partial charge in [-0.1, -0.05) is 0 Å². The lowest BCUT2D eigenvalue weighted by atomic mass is 10.1. The number of carbonyl (C=O) groups is 2. The van der Waals surface area contributed by atoms with Gasteiger partial charge >= 0.3 is 5.76 Å². The Balaban J connectivity index is 1.87. The van der Waals surface area contributed by atoms with Crippen LogP contribution in [-0.4, -0.2) is 30.5 Å². The maximum atomic E-state index is 12.5. The minimum Gasteiger partial charge on any atom is -0.497 e. The number of benzene rings is 2. The highest BCUT2D eigenvalue weighted by Crippen LogP contribution is 2.29. The molecule has 8 heteroatoms. The molecular formula is C19H18N2O6. The van der Waals surface area contributed by atoms with Crippen LogP contribution in [0.25, 0.3) is 11.1 Å². The second-order valence-electron chi connectivity index (χ2n) is 5.81. The van der Waals surface area contributed by atoms with Crippen molar-refractivity contribution in [3.63, 3.8) is 0 Å². The van der Waals surface area contributed by atoms with Crippen molar-refractivity contribution in [3.8, 4) is 11.5 Å². The van der Waals surface area contributed by atoms with Gasteiger partial charge in [-0.2, -0.15) is 0 Å². The molecule has 8 nitrogen and oxygen atoms in total. The second kappa shape index (κ2) is 7.36. The Morgan fingerprint density at radius 1 is 1.11 bits per heavy atom. The Bertz CT molecular complexity index is 1080. The van der Waals surface area contributed by atoms with E-state index in [1.165, 1.54) is 31.8 Å². The van der Waals surface area contributed by atoms with Crippen LogP contribution in [0.5, 0.6) is 11.5 Å². The van der Waals surface area contributed by atoms with E-state index in [0.29, 0.717) is 28.3 Å². The van der Waals surface area contributed by atoms with Gasteiger partial charge in [-0.3, -0.25) is 14.2 Å². The Kier molecular flexibility index (Phi) is 4.98. The molecule has 1 aromatic heterocycles. The molecule has 140 valence electrons. The smallest absolute Gasteiger partial charge is 0.420 e. The summed E-state index contributed by atoms with van der Waals surface area (Å²) in [7, 11) is 3.00. The molecule has 0 aliphatic carbocycles. The predicted molar refractivity (Wildman–Crippen MR) is 98.7 cm³/mol. The van der Waals surface area contributed by atoms with Crippen LogP contribution in [0.3, 0.4) is 0 Å². The summed E-state index contributed by atoms with van der Waals surface area (Å²) < 4.78 is 16.7. The van der Waals surface area contributed by atoms with Crippen molar-refractivity contribution in [2.75, 3.05) is 19.5 Å². The molecule has 0 saturated carbocycles. The predicted octanol–water partition coefficient (Wildman–Crippen LogP) is 2.45. The van der Waals surface area contributed by atoms with E-state index in [4.69, 9.17) is 13.9 Å². The topological polar surface area (TPSA) is 99.8 Å². The fourth-order valence-corrected chi connectivity index (χ4v) is 2.68. The van der Waals surface area contributed by atoms with Crippen LogP contribution in [0.1, 0.15) is 17.3 Å². The van der Waals surface area contributed by atoms with E-state index in [9.17, 15) is 14.4 Å². The van der Waals surface area contributed by atoms with Crippen LogP contribution in [-0.2, 0) is 11.3 Å². The highest BCUT2D eigenvalue weighted by molar-refractivity contribution is 5.97. The standard InChI is InChI=1S/C19H18N2O6/c1-11(22)12-4-6-15-17(8-12)27-19(24)21(15)10-18(23)20-14-9-13(25-2)5-7-16(14)26-3/h4-9H,10H2,1-3H3,(H,20,23). The number of amides is 1. The molecule has 3 aromatic rings. The van der Waals surface area contributed by atoms with Crippen molar-refractivity contribution in [1.29, 1.82) is 0 Å². The SMILES string of the molecule is COc1ccc(OC)c(NC(=O)Cn2c(=O)oc3cc(C(C)=O)ccc32)c1. The van der Waals surface area contributed by atoms with Crippen molar-refractivity contribution in [3.05, 3.63) is 52.5 Å². The summed E-state index contributed by atoms with van der Waals surface area (Å²) in [4.78, 5) is 36.0. The largest absolute Gasteiger partial charge is 0.497 e. The monoisotopic (exact) mass is 370 g/mol. The highest BCUT2D eigenvalue weighted by Gasteiger charge is 2.15. The molecule has 1 heterocycles. The Morgan fingerprint density at radius 3 is 2.56 bits per heavy atom. The lowest BCUT2D eigenvalue weighted by Gasteiger charge is -2.12. The van der Waals surface area contributed by atoms with E-state index in [2.05, 4.69) is 5.32 Å². The zero-order valence-corrected chi connectivity index (χ0v) is 15.1. The number of aromatic nitrogens is 1. The molecule has 3 rings (SSSR count). The number of fused-ring (bicyclic) bond motifs is 1. The molecule has 0 aliphatic rings. The first-order valence-corrected chi connectivity index (χ1v) is 8.09. The van der Waals surface area contributed by atoms with Crippen molar-refractivity contribution >= 4 is 28.5 Å². The van der Waals surface area contributed by atoms with Gasteiger partial charge in [-0.15, -0.1) is 0 Å². The van der Waals surface area contributed by atoms with E-state index in [1.807, 2.05) is 0 Å². The third-order valence-corrected chi connectivity index (χ3v) is 4.06. The van der Waals surface area contributed by atoms with E-state index < -0.39 is 11.7 Å². The molecular weight excluding hydrogens is 352 g/mol. The number of hydrogen-bond donors (Lipinski definition) is 1. The van der Waals surface area contributed by atoms with Gasteiger partial charge in [0, 0.05) is 11.6 Å². The molecule has 0 unspecified atom stereocenters. The summed E-state index contributed by atoms with van der Waals surface area (Å²) >= 11 is 0. The fraction of sp³-hybridized carbons (Fsp3) is 0.211. The minimum atomic E-state index is -0.682. The number of carbonyl (C=O) groups excluding carboxylic acids is 2. The molecule has 1 N–H and O–H groups in total. The number of methoxy groups -OCH3 is 2.